The van der Waals surface area contributed by atoms with Crippen molar-refractivity contribution in [3.63, 3.8) is 0 Å². The summed E-state index contributed by atoms with van der Waals surface area (Å²) in [7, 11) is 0. The van der Waals surface area contributed by atoms with E-state index < -0.39 is 17.8 Å². The number of carbonyl (C=O) groups is 3. The van der Waals surface area contributed by atoms with Gasteiger partial charge in [0.15, 0.2) is 0 Å². The summed E-state index contributed by atoms with van der Waals surface area (Å²) >= 11 is 0. The molecule has 1 N–H and O–H groups in total. The van der Waals surface area contributed by atoms with Gasteiger partial charge in [0.25, 0.3) is 11.8 Å². The summed E-state index contributed by atoms with van der Waals surface area (Å²) < 4.78 is 5.41. The average Bonchev–Trinajstić information content (AvgIpc) is 2.62. The minimum Gasteiger partial charge on any atom is -0.478 e. The topological polar surface area (TPSA) is 110 Å². The van der Waals surface area contributed by atoms with Gasteiger partial charge in [0.1, 0.15) is 11.4 Å². The van der Waals surface area contributed by atoms with E-state index in [2.05, 4.69) is 16.5 Å². The van der Waals surface area contributed by atoms with Gasteiger partial charge in [-0.05, 0) is 31.2 Å². The van der Waals surface area contributed by atoms with E-state index in [1.165, 1.54) is 30.6 Å². The molecule has 1 heterocycles. The van der Waals surface area contributed by atoms with E-state index >= 15 is 0 Å². The maximum Gasteiger partial charge on any atom is 0.335 e. The van der Waals surface area contributed by atoms with Crippen LogP contribution in [0.2, 0.25) is 0 Å². The third-order valence-corrected chi connectivity index (χ3v) is 3.15. The summed E-state index contributed by atoms with van der Waals surface area (Å²) in [6.45, 7) is 5.17. The van der Waals surface area contributed by atoms with Crippen molar-refractivity contribution >= 4 is 17.8 Å². The smallest absolute Gasteiger partial charge is 0.335 e. The molecule has 0 radical (unpaired) electrons. The lowest BCUT2D eigenvalue weighted by atomic mass is 10.2. The number of nitrogens with zero attached hydrogens (tertiary/aromatic N) is 3. The van der Waals surface area contributed by atoms with Gasteiger partial charge in [-0.3, -0.25) is 14.5 Å². The monoisotopic (exact) mass is 341 g/mol. The van der Waals surface area contributed by atoms with E-state index in [-0.39, 0.29) is 29.4 Å². The first kappa shape index (κ1) is 17.8. The molecule has 0 aliphatic carbocycles. The molecule has 1 aromatic heterocycles. The molecule has 0 bridgehead atoms. The van der Waals surface area contributed by atoms with E-state index in [1.807, 2.05) is 0 Å². The van der Waals surface area contributed by atoms with E-state index in [0.29, 0.717) is 0 Å². The van der Waals surface area contributed by atoms with Crippen LogP contribution in [0.1, 0.15) is 27.8 Å². The Bertz CT molecular complexity index is 817. The minimum absolute atomic E-state index is 0.0244. The number of benzene rings is 1. The van der Waals surface area contributed by atoms with E-state index in [0.717, 1.165) is 11.0 Å². The maximum atomic E-state index is 12.2. The van der Waals surface area contributed by atoms with Crippen LogP contribution in [0.25, 0.3) is 0 Å². The predicted molar refractivity (Wildman–Crippen MR) is 87.4 cm³/mol. The molecule has 128 valence electrons. The Morgan fingerprint density at radius 3 is 2.60 bits per heavy atom. The molecule has 0 fully saturated rings. The molecule has 1 aromatic carbocycles. The van der Waals surface area contributed by atoms with Crippen molar-refractivity contribution in [2.45, 2.75) is 6.92 Å². The van der Waals surface area contributed by atoms with Crippen LogP contribution in [0.15, 0.2) is 49.3 Å². The van der Waals surface area contributed by atoms with Gasteiger partial charge in [0, 0.05) is 6.54 Å². The van der Waals surface area contributed by atoms with Gasteiger partial charge < -0.3 is 9.84 Å². The Hall–Kier alpha value is -3.55. The number of ether oxygens (including phenoxy) is 1. The number of carboxylic acids is 1. The zero-order chi connectivity index (χ0) is 18.4. The number of carbonyl (C=O) groups excluding carboxylic acids is 2. The molecule has 0 saturated carbocycles. The van der Waals surface area contributed by atoms with Crippen LogP contribution >= 0.6 is 0 Å². The zero-order valence-electron chi connectivity index (χ0n) is 13.4. The van der Waals surface area contributed by atoms with E-state index in [4.69, 9.17) is 9.84 Å². The van der Waals surface area contributed by atoms with Crippen molar-refractivity contribution in [3.05, 3.63) is 60.6 Å². The number of carboxylic acid groups (broad SMARTS) is 1. The van der Waals surface area contributed by atoms with E-state index in [1.54, 1.807) is 13.0 Å². The molecular formula is C17H15N3O5. The van der Waals surface area contributed by atoms with Gasteiger partial charge in [-0.1, -0.05) is 12.6 Å². The Balaban J connectivity index is 2.15. The number of imide groups is 1. The van der Waals surface area contributed by atoms with Crippen LogP contribution in [0, 0.1) is 0 Å². The van der Waals surface area contributed by atoms with Crippen molar-refractivity contribution in [2.24, 2.45) is 0 Å². The average molecular weight is 341 g/mol. The fraction of sp³-hybridized carbons (Fsp3) is 0.118. The van der Waals surface area contributed by atoms with Crippen LogP contribution in [0.3, 0.4) is 0 Å². The third-order valence-electron chi connectivity index (χ3n) is 3.15. The quantitative estimate of drug-likeness (QED) is 0.801. The molecular weight excluding hydrogens is 326 g/mol. The molecule has 8 nitrogen and oxygen atoms in total. The van der Waals surface area contributed by atoms with E-state index in [9.17, 15) is 14.4 Å². The Morgan fingerprint density at radius 2 is 2.04 bits per heavy atom. The number of aromatic nitrogens is 2. The summed E-state index contributed by atoms with van der Waals surface area (Å²) in [6, 6.07) is 5.86. The molecule has 25 heavy (non-hydrogen) atoms. The zero-order valence-corrected chi connectivity index (χ0v) is 13.4. The number of amides is 2. The van der Waals surface area contributed by atoms with Crippen molar-refractivity contribution < 1.29 is 24.2 Å². The van der Waals surface area contributed by atoms with Gasteiger partial charge in [-0.15, -0.1) is 0 Å². The predicted octanol–water partition coefficient (Wildman–Crippen LogP) is 2.14. The fourth-order valence-electron chi connectivity index (χ4n) is 1.94. The second-order valence-corrected chi connectivity index (χ2v) is 4.77. The van der Waals surface area contributed by atoms with Crippen molar-refractivity contribution in [3.8, 4) is 11.6 Å². The summed E-state index contributed by atoms with van der Waals surface area (Å²) in [5, 5.41) is 8.95. The van der Waals surface area contributed by atoms with Gasteiger partial charge in [0.05, 0.1) is 18.0 Å². The number of likely N-dealkylation sites (N-methyl/N-ethyl adjacent to an activating group) is 1. The third kappa shape index (κ3) is 4.25. The number of hydrogen-bond donors (Lipinski definition) is 1. The van der Waals surface area contributed by atoms with Gasteiger partial charge in [-0.2, -0.15) is 0 Å². The standard InChI is InChI=1S/C17H15N3O5/c1-3-15(21)20(4-2)16(22)13-9-19-14(10-18-13)25-12-7-5-6-11(8-12)17(23)24/h3,5-10H,1,4H2,2H3,(H,23,24). The summed E-state index contributed by atoms with van der Waals surface area (Å²) in [4.78, 5) is 43.6. The van der Waals surface area contributed by atoms with Gasteiger partial charge >= 0.3 is 5.97 Å². The molecule has 2 aromatic rings. The second kappa shape index (κ2) is 7.82. The lowest BCUT2D eigenvalue weighted by molar-refractivity contribution is -0.123. The van der Waals surface area contributed by atoms with Crippen LogP contribution in [0.5, 0.6) is 11.6 Å². The first-order valence-corrected chi connectivity index (χ1v) is 7.27. The van der Waals surface area contributed by atoms with Crippen LogP contribution in [-0.2, 0) is 4.79 Å². The lowest BCUT2D eigenvalue weighted by Gasteiger charge is -2.16. The molecule has 0 unspecified atom stereocenters. The largest absolute Gasteiger partial charge is 0.478 e. The first-order valence-electron chi connectivity index (χ1n) is 7.27. The minimum atomic E-state index is -1.08. The Kier molecular flexibility index (Phi) is 5.57. The Labute approximate surface area is 143 Å². The normalized spacial score (nSPS) is 9.96. The maximum absolute atomic E-state index is 12.2. The summed E-state index contributed by atoms with van der Waals surface area (Å²) in [6.07, 6.45) is 3.44. The highest BCUT2D eigenvalue weighted by molar-refractivity contribution is 6.06. The highest BCUT2D eigenvalue weighted by Crippen LogP contribution is 2.20. The fourth-order valence-corrected chi connectivity index (χ4v) is 1.94. The molecule has 2 rings (SSSR count). The molecule has 0 aliphatic rings. The highest BCUT2D eigenvalue weighted by atomic mass is 16.5. The SMILES string of the molecule is C=CC(=O)N(CC)C(=O)c1cnc(Oc2cccc(C(=O)O)c2)cn1. The molecule has 0 saturated heterocycles. The van der Waals surface area contributed by atoms with Gasteiger partial charge in [-0.25, -0.2) is 14.8 Å². The first-order chi connectivity index (χ1) is 12.0. The van der Waals surface area contributed by atoms with Crippen molar-refractivity contribution in [1.29, 1.82) is 0 Å². The highest BCUT2D eigenvalue weighted by Gasteiger charge is 2.20. The summed E-state index contributed by atoms with van der Waals surface area (Å²) in [5.41, 5.74) is 0.0440. The molecule has 0 spiro atoms. The van der Waals surface area contributed by atoms with Crippen molar-refractivity contribution in [2.75, 3.05) is 6.54 Å². The van der Waals surface area contributed by atoms with Gasteiger partial charge in [0.2, 0.25) is 5.88 Å². The molecule has 0 atom stereocenters. The number of aromatic carboxylic acids is 1. The van der Waals surface area contributed by atoms with Crippen LogP contribution in [0.4, 0.5) is 0 Å². The number of rotatable bonds is 6. The molecule has 0 aliphatic heterocycles. The number of hydrogen-bond acceptors (Lipinski definition) is 6. The lowest BCUT2D eigenvalue weighted by Crippen LogP contribution is -2.36. The Morgan fingerprint density at radius 1 is 1.28 bits per heavy atom. The molecule has 2 amide bonds. The van der Waals surface area contributed by atoms with Crippen molar-refractivity contribution in [1.82, 2.24) is 14.9 Å². The molecule has 8 heteroatoms. The second-order valence-electron chi connectivity index (χ2n) is 4.77. The summed E-state index contributed by atoms with van der Waals surface area (Å²) in [5.74, 6) is -1.86. The van der Waals surface area contributed by atoms with Crippen LogP contribution in [-0.4, -0.2) is 44.3 Å². The van der Waals surface area contributed by atoms with Crippen LogP contribution < -0.4 is 4.74 Å².